The molecule has 0 aliphatic carbocycles. The number of piperidine rings is 1. The number of aromatic nitrogens is 4. The molecule has 3 rings (SSSR count). The maximum absolute atomic E-state index is 12.9. The Morgan fingerprint density at radius 3 is 2.41 bits per heavy atom. The monoisotopic (exact) mass is 447 g/mol. The van der Waals surface area contributed by atoms with Crippen molar-refractivity contribution in [3.05, 3.63) is 34.8 Å². The molecule has 1 N–H and O–H groups in total. The summed E-state index contributed by atoms with van der Waals surface area (Å²) < 4.78 is 41.0. The van der Waals surface area contributed by atoms with Gasteiger partial charge in [0.2, 0.25) is 5.60 Å². The van der Waals surface area contributed by atoms with E-state index in [4.69, 9.17) is 0 Å². The molecule has 2 aromatic heterocycles. The molecule has 1 saturated heterocycles. The van der Waals surface area contributed by atoms with E-state index in [1.807, 2.05) is 0 Å². The molecule has 1 fully saturated rings. The summed E-state index contributed by atoms with van der Waals surface area (Å²) in [6.07, 6.45) is 0.664. The van der Waals surface area contributed by atoms with Crippen LogP contribution in [-0.2, 0) is 4.79 Å². The largest absolute Gasteiger partial charge is 0.426 e. The summed E-state index contributed by atoms with van der Waals surface area (Å²) in [5.41, 5.74) is -2.56. The van der Waals surface area contributed by atoms with Crippen LogP contribution in [0.15, 0.2) is 29.1 Å². The molecule has 1 aliphatic rings. The second-order valence-electron chi connectivity index (χ2n) is 6.51. The minimum absolute atomic E-state index is 0.0142. The Morgan fingerprint density at radius 1 is 1.26 bits per heavy atom. The lowest BCUT2D eigenvalue weighted by molar-refractivity contribution is -0.250. The van der Waals surface area contributed by atoms with Crippen molar-refractivity contribution < 1.29 is 23.1 Å². The molecule has 3 heterocycles. The molecule has 27 heavy (non-hydrogen) atoms. The molecule has 1 aliphatic heterocycles. The van der Waals surface area contributed by atoms with Crippen LogP contribution in [0.2, 0.25) is 0 Å². The Labute approximate surface area is 161 Å². The van der Waals surface area contributed by atoms with Gasteiger partial charge in [-0.3, -0.25) is 4.79 Å². The topological polar surface area (TPSA) is 84.1 Å². The van der Waals surface area contributed by atoms with Crippen LogP contribution in [-0.4, -0.2) is 60.5 Å². The third kappa shape index (κ3) is 3.84. The number of alkyl halides is 3. The molecular weight excluding hydrogens is 431 g/mol. The first-order valence-corrected chi connectivity index (χ1v) is 9.01. The third-order valence-electron chi connectivity index (χ3n) is 4.64. The van der Waals surface area contributed by atoms with E-state index >= 15 is 0 Å². The minimum Gasteiger partial charge on any atom is -0.373 e. The van der Waals surface area contributed by atoms with Gasteiger partial charge in [-0.25, -0.2) is 14.6 Å². The fourth-order valence-corrected chi connectivity index (χ4v) is 3.22. The van der Waals surface area contributed by atoms with E-state index in [0.717, 1.165) is 15.1 Å². The number of hydrogen-bond donors (Lipinski definition) is 1. The smallest absolute Gasteiger partial charge is 0.373 e. The SMILES string of the molecule is C[C@@](O)(C(=O)N1CCC(c2ccnn2-c2ncc(Br)cn2)CC1)C(F)(F)F. The first kappa shape index (κ1) is 19.7. The van der Waals surface area contributed by atoms with Gasteiger partial charge in [0.15, 0.2) is 0 Å². The van der Waals surface area contributed by atoms with Gasteiger partial charge in [-0.1, -0.05) is 0 Å². The van der Waals surface area contributed by atoms with Crippen molar-refractivity contribution in [2.45, 2.75) is 37.5 Å². The number of rotatable bonds is 3. The van der Waals surface area contributed by atoms with Crippen LogP contribution in [0, 0.1) is 0 Å². The van der Waals surface area contributed by atoms with Crippen LogP contribution < -0.4 is 0 Å². The van der Waals surface area contributed by atoms with Gasteiger partial charge >= 0.3 is 6.18 Å². The highest BCUT2D eigenvalue weighted by atomic mass is 79.9. The van der Waals surface area contributed by atoms with E-state index in [1.54, 1.807) is 29.3 Å². The Kier molecular flexibility index (Phi) is 5.26. The fourth-order valence-electron chi connectivity index (χ4n) is 3.01. The van der Waals surface area contributed by atoms with Crippen LogP contribution in [0.4, 0.5) is 13.2 Å². The zero-order valence-electron chi connectivity index (χ0n) is 14.3. The van der Waals surface area contributed by atoms with Gasteiger partial charge in [0.1, 0.15) is 0 Å². The van der Waals surface area contributed by atoms with Crippen molar-refractivity contribution in [3.63, 3.8) is 0 Å². The molecule has 7 nitrogen and oxygen atoms in total. The highest BCUT2D eigenvalue weighted by Crippen LogP contribution is 2.34. The first-order chi connectivity index (χ1) is 12.6. The molecular formula is C16H17BrF3N5O2. The first-order valence-electron chi connectivity index (χ1n) is 8.21. The van der Waals surface area contributed by atoms with Gasteiger partial charge in [-0.05, 0) is 41.8 Å². The zero-order valence-corrected chi connectivity index (χ0v) is 15.9. The number of likely N-dealkylation sites (tertiary alicyclic amines) is 1. The lowest BCUT2D eigenvalue weighted by Gasteiger charge is -2.36. The number of halogens is 4. The molecule has 0 radical (unpaired) electrons. The highest BCUT2D eigenvalue weighted by molar-refractivity contribution is 9.10. The summed E-state index contributed by atoms with van der Waals surface area (Å²) in [6, 6.07) is 1.80. The number of amides is 1. The van der Waals surface area contributed by atoms with Gasteiger partial charge in [-0.2, -0.15) is 18.3 Å². The van der Waals surface area contributed by atoms with Crippen molar-refractivity contribution in [3.8, 4) is 5.95 Å². The summed E-state index contributed by atoms with van der Waals surface area (Å²) in [4.78, 5) is 21.5. The maximum Gasteiger partial charge on any atom is 0.426 e. The number of nitrogens with zero attached hydrogens (tertiary/aromatic N) is 5. The van der Waals surface area contributed by atoms with Crippen LogP contribution in [0.25, 0.3) is 5.95 Å². The number of carbonyl (C=O) groups is 1. The van der Waals surface area contributed by atoms with E-state index in [9.17, 15) is 23.1 Å². The van der Waals surface area contributed by atoms with Crippen LogP contribution in [0.5, 0.6) is 0 Å². The molecule has 11 heteroatoms. The third-order valence-corrected chi connectivity index (χ3v) is 5.05. The lowest BCUT2D eigenvalue weighted by Crippen LogP contribution is -2.57. The summed E-state index contributed by atoms with van der Waals surface area (Å²) in [5.74, 6) is -0.949. The van der Waals surface area contributed by atoms with Crippen molar-refractivity contribution in [2.75, 3.05) is 13.1 Å². The van der Waals surface area contributed by atoms with E-state index in [1.165, 1.54) is 0 Å². The summed E-state index contributed by atoms with van der Waals surface area (Å²) in [5, 5.41) is 13.8. The normalized spacial score (nSPS) is 18.4. The fraction of sp³-hybridized carbons (Fsp3) is 0.500. The predicted octanol–water partition coefficient (Wildman–Crippen LogP) is 2.44. The van der Waals surface area contributed by atoms with Gasteiger partial charge in [0, 0.05) is 37.6 Å². The standard InChI is InChI=1S/C16H17BrF3N5O2/c1-15(27,16(18,19)20)13(26)24-6-3-10(4-7-24)12-2-5-23-25(12)14-21-8-11(17)9-22-14/h2,5,8-10,27H,3-4,6-7H2,1H3/t15-/m1/s1. The maximum atomic E-state index is 12.9. The minimum atomic E-state index is -5.02. The van der Waals surface area contributed by atoms with Crippen LogP contribution in [0.1, 0.15) is 31.4 Å². The van der Waals surface area contributed by atoms with E-state index in [0.29, 0.717) is 25.7 Å². The number of carbonyl (C=O) groups excluding carboxylic acids is 1. The van der Waals surface area contributed by atoms with E-state index in [2.05, 4.69) is 31.0 Å². The van der Waals surface area contributed by atoms with Crippen molar-refractivity contribution in [1.82, 2.24) is 24.6 Å². The molecule has 146 valence electrons. The Morgan fingerprint density at radius 2 is 1.85 bits per heavy atom. The highest BCUT2D eigenvalue weighted by Gasteiger charge is 2.57. The average Bonchev–Trinajstić information content (AvgIpc) is 3.10. The van der Waals surface area contributed by atoms with Crippen LogP contribution in [0.3, 0.4) is 0 Å². The predicted molar refractivity (Wildman–Crippen MR) is 92.1 cm³/mol. The molecule has 0 saturated carbocycles. The second kappa shape index (κ2) is 7.19. The Hall–Kier alpha value is -2.01. The number of aliphatic hydroxyl groups is 1. The van der Waals surface area contributed by atoms with Crippen molar-refractivity contribution in [1.29, 1.82) is 0 Å². The van der Waals surface area contributed by atoms with Gasteiger partial charge in [0.25, 0.3) is 11.9 Å². The summed E-state index contributed by atoms with van der Waals surface area (Å²) >= 11 is 3.26. The molecule has 0 aromatic carbocycles. The Balaban J connectivity index is 1.71. The lowest BCUT2D eigenvalue weighted by atomic mass is 9.92. The molecule has 0 unspecified atom stereocenters. The molecule has 1 atom stereocenters. The summed E-state index contributed by atoms with van der Waals surface area (Å²) in [6.45, 7) is 0.714. The number of hydrogen-bond acceptors (Lipinski definition) is 5. The van der Waals surface area contributed by atoms with Gasteiger partial charge < -0.3 is 10.0 Å². The molecule has 0 spiro atoms. The van der Waals surface area contributed by atoms with E-state index in [-0.39, 0.29) is 19.0 Å². The second-order valence-corrected chi connectivity index (χ2v) is 7.42. The Bertz CT molecular complexity index is 814. The quantitative estimate of drug-likeness (QED) is 0.780. The molecule has 2 aromatic rings. The van der Waals surface area contributed by atoms with Crippen molar-refractivity contribution in [2.24, 2.45) is 0 Å². The molecule has 1 amide bonds. The van der Waals surface area contributed by atoms with E-state index < -0.39 is 17.7 Å². The van der Waals surface area contributed by atoms with Gasteiger partial charge in [-0.15, -0.1) is 0 Å². The van der Waals surface area contributed by atoms with Gasteiger partial charge in [0.05, 0.1) is 10.2 Å². The van der Waals surface area contributed by atoms with Crippen molar-refractivity contribution >= 4 is 21.8 Å². The average molecular weight is 448 g/mol. The summed E-state index contributed by atoms with van der Waals surface area (Å²) in [7, 11) is 0. The zero-order chi connectivity index (χ0) is 19.8. The van der Waals surface area contributed by atoms with Crippen LogP contribution >= 0.6 is 15.9 Å². The molecule has 0 bridgehead atoms.